The fourth-order valence-electron chi connectivity index (χ4n) is 2.77. The van der Waals surface area contributed by atoms with E-state index < -0.39 is 0 Å². The largest absolute Gasteiger partial charge is 0.398 e. The summed E-state index contributed by atoms with van der Waals surface area (Å²) in [6.07, 6.45) is 4.72. The molecule has 1 aromatic carbocycles. The standard InChI is InChI=1S/C13H17N5/c1-13(8-4-5-9-13)18-12(15-16-17-18)10-6-2-3-7-11(10)14/h2-3,6-7H,4-5,8-9,14H2,1H3. The summed E-state index contributed by atoms with van der Waals surface area (Å²) in [5.74, 6) is 0.775. The van der Waals surface area contributed by atoms with Crippen molar-refractivity contribution < 1.29 is 0 Å². The summed E-state index contributed by atoms with van der Waals surface area (Å²) in [5, 5.41) is 12.2. The van der Waals surface area contributed by atoms with Crippen molar-refractivity contribution in [1.82, 2.24) is 20.2 Å². The van der Waals surface area contributed by atoms with Crippen molar-refractivity contribution in [2.45, 2.75) is 38.1 Å². The highest BCUT2D eigenvalue weighted by Crippen LogP contribution is 2.38. The first kappa shape index (κ1) is 11.2. The summed E-state index contributed by atoms with van der Waals surface area (Å²) in [4.78, 5) is 0. The lowest BCUT2D eigenvalue weighted by Gasteiger charge is -2.24. The van der Waals surface area contributed by atoms with E-state index in [1.807, 2.05) is 28.9 Å². The zero-order valence-electron chi connectivity index (χ0n) is 10.5. The predicted molar refractivity (Wildman–Crippen MR) is 69.8 cm³/mol. The quantitative estimate of drug-likeness (QED) is 0.821. The molecule has 0 bridgehead atoms. The van der Waals surface area contributed by atoms with E-state index in [2.05, 4.69) is 22.4 Å². The number of benzene rings is 1. The SMILES string of the molecule is CC1(n2nnnc2-c2ccccc2N)CCCC1. The number of para-hydroxylation sites is 1. The molecule has 0 unspecified atom stereocenters. The molecule has 2 aromatic rings. The zero-order chi connectivity index (χ0) is 12.6. The third-order valence-electron chi connectivity index (χ3n) is 3.86. The minimum absolute atomic E-state index is 0.0289. The van der Waals surface area contributed by atoms with Gasteiger partial charge >= 0.3 is 0 Å². The van der Waals surface area contributed by atoms with Gasteiger partial charge < -0.3 is 5.73 Å². The van der Waals surface area contributed by atoms with Gasteiger partial charge in [0.2, 0.25) is 0 Å². The van der Waals surface area contributed by atoms with Gasteiger partial charge in [-0.05, 0) is 42.3 Å². The van der Waals surface area contributed by atoms with Crippen LogP contribution in [0.25, 0.3) is 11.4 Å². The van der Waals surface area contributed by atoms with Gasteiger partial charge in [0.25, 0.3) is 0 Å². The van der Waals surface area contributed by atoms with Crippen LogP contribution < -0.4 is 5.73 Å². The van der Waals surface area contributed by atoms with Crippen molar-refractivity contribution in [3.8, 4) is 11.4 Å². The maximum Gasteiger partial charge on any atom is 0.184 e. The maximum atomic E-state index is 6.01. The van der Waals surface area contributed by atoms with Crippen LogP contribution in [-0.4, -0.2) is 20.2 Å². The highest BCUT2D eigenvalue weighted by atomic mass is 15.6. The lowest BCUT2D eigenvalue weighted by Crippen LogP contribution is -2.28. The summed E-state index contributed by atoms with van der Waals surface area (Å²) in [6.45, 7) is 2.22. The molecule has 1 heterocycles. The molecule has 0 saturated heterocycles. The van der Waals surface area contributed by atoms with Crippen molar-refractivity contribution in [2.75, 3.05) is 5.73 Å². The van der Waals surface area contributed by atoms with Crippen molar-refractivity contribution in [1.29, 1.82) is 0 Å². The fraction of sp³-hybridized carbons (Fsp3) is 0.462. The van der Waals surface area contributed by atoms with E-state index in [-0.39, 0.29) is 5.54 Å². The monoisotopic (exact) mass is 243 g/mol. The maximum absolute atomic E-state index is 6.01. The van der Waals surface area contributed by atoms with Gasteiger partial charge in [-0.25, -0.2) is 4.68 Å². The van der Waals surface area contributed by atoms with Crippen LogP contribution in [0.3, 0.4) is 0 Å². The van der Waals surface area contributed by atoms with Crippen molar-refractivity contribution >= 4 is 5.69 Å². The molecule has 0 spiro atoms. The summed E-state index contributed by atoms with van der Waals surface area (Å²) in [6, 6.07) is 7.73. The number of nitrogens with zero attached hydrogens (tertiary/aromatic N) is 4. The lowest BCUT2D eigenvalue weighted by molar-refractivity contribution is 0.293. The molecule has 0 aliphatic heterocycles. The minimum Gasteiger partial charge on any atom is -0.398 e. The molecule has 1 aliphatic rings. The number of aromatic nitrogens is 4. The molecule has 18 heavy (non-hydrogen) atoms. The average Bonchev–Trinajstić information content (AvgIpc) is 2.99. The molecule has 94 valence electrons. The van der Waals surface area contributed by atoms with Gasteiger partial charge in [-0.15, -0.1) is 5.10 Å². The smallest absolute Gasteiger partial charge is 0.184 e. The van der Waals surface area contributed by atoms with Crippen molar-refractivity contribution in [3.63, 3.8) is 0 Å². The van der Waals surface area contributed by atoms with Crippen LogP contribution >= 0.6 is 0 Å². The third-order valence-corrected chi connectivity index (χ3v) is 3.86. The molecule has 3 rings (SSSR count). The third kappa shape index (κ3) is 1.66. The predicted octanol–water partition coefficient (Wildman–Crippen LogP) is 2.21. The second kappa shape index (κ2) is 4.08. The van der Waals surface area contributed by atoms with E-state index in [9.17, 15) is 0 Å². The molecule has 0 radical (unpaired) electrons. The van der Waals surface area contributed by atoms with Gasteiger partial charge in [-0.3, -0.25) is 0 Å². The van der Waals surface area contributed by atoms with E-state index in [4.69, 9.17) is 5.73 Å². The Labute approximate surface area is 106 Å². The Kier molecular flexibility index (Phi) is 2.54. The van der Waals surface area contributed by atoms with Crippen LogP contribution in [0.1, 0.15) is 32.6 Å². The van der Waals surface area contributed by atoms with Crippen LogP contribution in [0.15, 0.2) is 24.3 Å². The molecule has 1 fully saturated rings. The van der Waals surface area contributed by atoms with Crippen LogP contribution in [0.2, 0.25) is 0 Å². The van der Waals surface area contributed by atoms with Gasteiger partial charge in [0, 0.05) is 11.3 Å². The molecule has 0 atom stereocenters. The first-order valence-corrected chi connectivity index (χ1v) is 6.34. The van der Waals surface area contributed by atoms with Gasteiger partial charge in [-0.2, -0.15) is 0 Å². The zero-order valence-corrected chi connectivity index (χ0v) is 10.5. The topological polar surface area (TPSA) is 69.6 Å². The Hall–Kier alpha value is -1.91. The minimum atomic E-state index is 0.0289. The second-order valence-electron chi connectivity index (χ2n) is 5.21. The van der Waals surface area contributed by atoms with Gasteiger partial charge in [-0.1, -0.05) is 25.0 Å². The Bertz CT molecular complexity index is 554. The molecule has 5 heteroatoms. The number of nitrogens with two attached hydrogens (primary N) is 1. The number of tetrazole rings is 1. The van der Waals surface area contributed by atoms with Crippen LogP contribution in [-0.2, 0) is 5.54 Å². The van der Waals surface area contributed by atoms with E-state index in [0.717, 1.165) is 29.9 Å². The molecule has 1 saturated carbocycles. The van der Waals surface area contributed by atoms with E-state index in [1.54, 1.807) is 0 Å². The van der Waals surface area contributed by atoms with Gasteiger partial charge in [0.15, 0.2) is 5.82 Å². The Balaban J connectivity index is 2.10. The summed E-state index contributed by atoms with van der Waals surface area (Å²) in [7, 11) is 0. The van der Waals surface area contributed by atoms with Gasteiger partial charge in [0.1, 0.15) is 0 Å². The Morgan fingerprint density at radius 1 is 1.22 bits per heavy atom. The molecule has 2 N–H and O–H groups in total. The Morgan fingerprint density at radius 2 is 1.94 bits per heavy atom. The number of hydrogen-bond acceptors (Lipinski definition) is 4. The Morgan fingerprint density at radius 3 is 2.67 bits per heavy atom. The summed E-state index contributed by atoms with van der Waals surface area (Å²) >= 11 is 0. The molecule has 5 nitrogen and oxygen atoms in total. The van der Waals surface area contributed by atoms with E-state index in [0.29, 0.717) is 0 Å². The molecule has 1 aromatic heterocycles. The van der Waals surface area contributed by atoms with E-state index >= 15 is 0 Å². The fourth-order valence-corrected chi connectivity index (χ4v) is 2.77. The molecule has 0 amide bonds. The molecular formula is C13H17N5. The number of hydrogen-bond donors (Lipinski definition) is 1. The second-order valence-corrected chi connectivity index (χ2v) is 5.21. The first-order valence-electron chi connectivity index (χ1n) is 6.34. The highest BCUT2D eigenvalue weighted by molar-refractivity contribution is 5.71. The lowest BCUT2D eigenvalue weighted by atomic mass is 10.0. The van der Waals surface area contributed by atoms with E-state index in [1.165, 1.54) is 12.8 Å². The molecule has 1 aliphatic carbocycles. The first-order chi connectivity index (χ1) is 8.71. The van der Waals surface area contributed by atoms with Crippen LogP contribution in [0.5, 0.6) is 0 Å². The van der Waals surface area contributed by atoms with Crippen LogP contribution in [0, 0.1) is 0 Å². The highest BCUT2D eigenvalue weighted by Gasteiger charge is 2.34. The van der Waals surface area contributed by atoms with Gasteiger partial charge in [0.05, 0.1) is 5.54 Å². The van der Waals surface area contributed by atoms with Crippen molar-refractivity contribution in [3.05, 3.63) is 24.3 Å². The summed E-state index contributed by atoms with van der Waals surface area (Å²) < 4.78 is 1.95. The molecular weight excluding hydrogens is 226 g/mol. The number of anilines is 1. The van der Waals surface area contributed by atoms with Crippen molar-refractivity contribution in [2.24, 2.45) is 0 Å². The number of rotatable bonds is 2. The van der Waals surface area contributed by atoms with Crippen LogP contribution in [0.4, 0.5) is 5.69 Å². The summed E-state index contributed by atoms with van der Waals surface area (Å²) in [5.41, 5.74) is 7.67. The number of nitrogen functional groups attached to an aromatic ring is 1. The average molecular weight is 243 g/mol. The normalized spacial score (nSPS) is 18.1.